The molecule has 0 saturated carbocycles. The highest BCUT2D eigenvalue weighted by molar-refractivity contribution is 6.12. The van der Waals surface area contributed by atoms with Gasteiger partial charge in [0.2, 0.25) is 0 Å². The Hall–Kier alpha value is -2.04. The summed E-state index contributed by atoms with van der Waals surface area (Å²) in [6.45, 7) is 3.61. The van der Waals surface area contributed by atoms with E-state index in [1.54, 1.807) is 33.0 Å². The SMILES string of the molecule is COC(=O)c1cccc2c1N(C)C(=O)C(C)(C)N2. The van der Waals surface area contributed by atoms with Crippen LogP contribution in [0, 0.1) is 0 Å². The van der Waals surface area contributed by atoms with Gasteiger partial charge in [0, 0.05) is 7.05 Å². The Morgan fingerprint density at radius 2 is 2.06 bits per heavy atom. The zero-order chi connectivity index (χ0) is 13.5. The number of esters is 1. The molecule has 0 aliphatic carbocycles. The molecule has 0 atom stereocenters. The van der Waals surface area contributed by atoms with Crippen molar-refractivity contribution < 1.29 is 14.3 Å². The average Bonchev–Trinajstić information content (AvgIpc) is 2.34. The third-order valence-corrected chi connectivity index (χ3v) is 3.06. The molecule has 0 bridgehead atoms. The molecule has 0 radical (unpaired) electrons. The van der Waals surface area contributed by atoms with Crippen molar-refractivity contribution in [2.75, 3.05) is 24.4 Å². The van der Waals surface area contributed by atoms with Crippen molar-refractivity contribution in [2.45, 2.75) is 19.4 Å². The minimum absolute atomic E-state index is 0.0913. The highest BCUT2D eigenvalue weighted by Gasteiger charge is 2.38. The molecule has 5 nitrogen and oxygen atoms in total. The Kier molecular flexibility index (Phi) is 2.77. The minimum atomic E-state index is -0.684. The van der Waals surface area contributed by atoms with E-state index < -0.39 is 11.5 Å². The largest absolute Gasteiger partial charge is 0.465 e. The number of carbonyl (C=O) groups excluding carboxylic acids is 2. The zero-order valence-electron chi connectivity index (χ0n) is 10.9. The molecule has 1 aromatic carbocycles. The van der Waals surface area contributed by atoms with Gasteiger partial charge in [0.15, 0.2) is 0 Å². The highest BCUT2D eigenvalue weighted by Crippen LogP contribution is 2.37. The third kappa shape index (κ3) is 1.72. The number of benzene rings is 1. The molecule has 1 N–H and O–H groups in total. The summed E-state index contributed by atoms with van der Waals surface area (Å²) in [5.74, 6) is -0.542. The number of rotatable bonds is 1. The van der Waals surface area contributed by atoms with Gasteiger partial charge in [-0.05, 0) is 26.0 Å². The van der Waals surface area contributed by atoms with Gasteiger partial charge in [-0.2, -0.15) is 0 Å². The van der Waals surface area contributed by atoms with E-state index in [0.717, 1.165) is 5.69 Å². The summed E-state index contributed by atoms with van der Waals surface area (Å²) in [7, 11) is 2.99. The van der Waals surface area contributed by atoms with Gasteiger partial charge < -0.3 is 15.0 Å². The van der Waals surface area contributed by atoms with Gasteiger partial charge in [-0.3, -0.25) is 4.79 Å². The maximum absolute atomic E-state index is 12.2. The van der Waals surface area contributed by atoms with E-state index in [1.165, 1.54) is 12.0 Å². The van der Waals surface area contributed by atoms with Crippen LogP contribution in [0.2, 0.25) is 0 Å². The molecular weight excluding hydrogens is 232 g/mol. The lowest BCUT2D eigenvalue weighted by molar-refractivity contribution is -0.121. The van der Waals surface area contributed by atoms with E-state index in [1.807, 2.05) is 6.07 Å². The minimum Gasteiger partial charge on any atom is -0.465 e. The molecule has 96 valence electrons. The normalized spacial score (nSPS) is 16.9. The lowest BCUT2D eigenvalue weighted by Crippen LogP contribution is -2.52. The molecule has 0 spiro atoms. The lowest BCUT2D eigenvalue weighted by atomic mass is 9.96. The number of nitrogens with zero attached hydrogens (tertiary/aromatic N) is 1. The smallest absolute Gasteiger partial charge is 0.340 e. The Balaban J connectivity index is 2.61. The maximum atomic E-state index is 12.2. The van der Waals surface area contributed by atoms with Crippen LogP contribution < -0.4 is 10.2 Å². The summed E-state index contributed by atoms with van der Waals surface area (Å²) in [6, 6.07) is 5.25. The number of hydrogen-bond acceptors (Lipinski definition) is 4. The van der Waals surface area contributed by atoms with Crippen LogP contribution >= 0.6 is 0 Å². The van der Waals surface area contributed by atoms with Crippen LogP contribution in [0.1, 0.15) is 24.2 Å². The van der Waals surface area contributed by atoms with Gasteiger partial charge in [0.25, 0.3) is 5.91 Å². The average molecular weight is 248 g/mol. The number of anilines is 2. The monoisotopic (exact) mass is 248 g/mol. The Labute approximate surface area is 106 Å². The quantitative estimate of drug-likeness (QED) is 0.768. The van der Waals surface area contributed by atoms with Crippen molar-refractivity contribution in [3.8, 4) is 0 Å². The fraction of sp³-hybridized carbons (Fsp3) is 0.385. The first-order valence-electron chi connectivity index (χ1n) is 5.66. The number of carbonyl (C=O) groups is 2. The van der Waals surface area contributed by atoms with Crippen molar-refractivity contribution in [1.29, 1.82) is 0 Å². The summed E-state index contributed by atoms with van der Waals surface area (Å²) >= 11 is 0. The van der Waals surface area contributed by atoms with E-state index in [2.05, 4.69) is 5.32 Å². The van der Waals surface area contributed by atoms with Crippen LogP contribution in [0.5, 0.6) is 0 Å². The van der Waals surface area contributed by atoms with Crippen molar-refractivity contribution in [2.24, 2.45) is 0 Å². The summed E-state index contributed by atoms with van der Waals surface area (Å²) in [5, 5.41) is 3.14. The molecule has 0 saturated heterocycles. The molecule has 1 aliphatic rings. The number of likely N-dealkylation sites (N-methyl/N-ethyl adjacent to an activating group) is 1. The molecule has 0 unspecified atom stereocenters. The second-order valence-corrected chi connectivity index (χ2v) is 4.81. The lowest BCUT2D eigenvalue weighted by Gasteiger charge is -2.38. The number of nitrogens with one attached hydrogen (secondary N) is 1. The first-order chi connectivity index (χ1) is 8.38. The Morgan fingerprint density at radius 1 is 1.39 bits per heavy atom. The Morgan fingerprint density at radius 3 is 2.67 bits per heavy atom. The summed E-state index contributed by atoms with van der Waals surface area (Å²) in [5.41, 5.74) is 1.02. The molecule has 0 aromatic heterocycles. The van der Waals surface area contributed by atoms with Gasteiger partial charge in [0.05, 0.1) is 24.0 Å². The molecule has 2 rings (SSSR count). The van der Waals surface area contributed by atoms with E-state index >= 15 is 0 Å². The molecule has 1 aromatic rings. The highest BCUT2D eigenvalue weighted by atomic mass is 16.5. The number of amides is 1. The molecular formula is C13H16N2O3. The molecule has 1 amide bonds. The predicted molar refractivity (Wildman–Crippen MR) is 68.9 cm³/mol. The zero-order valence-corrected chi connectivity index (χ0v) is 10.9. The van der Waals surface area contributed by atoms with E-state index in [9.17, 15) is 9.59 Å². The first-order valence-corrected chi connectivity index (χ1v) is 5.66. The molecule has 18 heavy (non-hydrogen) atoms. The first kappa shape index (κ1) is 12.4. The number of ether oxygens (including phenoxy) is 1. The number of methoxy groups -OCH3 is 1. The second-order valence-electron chi connectivity index (χ2n) is 4.81. The van der Waals surface area contributed by atoms with Gasteiger partial charge in [0.1, 0.15) is 5.54 Å². The van der Waals surface area contributed by atoms with E-state index in [-0.39, 0.29) is 5.91 Å². The van der Waals surface area contributed by atoms with Crippen molar-refractivity contribution in [3.05, 3.63) is 23.8 Å². The van der Waals surface area contributed by atoms with Gasteiger partial charge in [-0.15, -0.1) is 0 Å². The van der Waals surface area contributed by atoms with Crippen molar-refractivity contribution >= 4 is 23.3 Å². The molecule has 1 aliphatic heterocycles. The molecule has 5 heteroatoms. The fourth-order valence-corrected chi connectivity index (χ4v) is 2.19. The van der Waals surface area contributed by atoms with Crippen LogP contribution in [0.15, 0.2) is 18.2 Å². The number of para-hydroxylation sites is 1. The Bertz CT molecular complexity index is 523. The van der Waals surface area contributed by atoms with Crippen LogP contribution in [-0.2, 0) is 9.53 Å². The third-order valence-electron chi connectivity index (χ3n) is 3.06. The summed E-state index contributed by atoms with van der Waals surface area (Å²) in [4.78, 5) is 25.4. The summed E-state index contributed by atoms with van der Waals surface area (Å²) < 4.78 is 4.73. The number of fused-ring (bicyclic) bond motifs is 1. The van der Waals surface area contributed by atoms with E-state index in [0.29, 0.717) is 11.3 Å². The maximum Gasteiger partial charge on any atom is 0.340 e. The topological polar surface area (TPSA) is 58.6 Å². The van der Waals surface area contributed by atoms with E-state index in [4.69, 9.17) is 4.74 Å². The van der Waals surface area contributed by atoms with Gasteiger partial charge in [-0.1, -0.05) is 6.07 Å². The predicted octanol–water partition coefficient (Wildman–Crippen LogP) is 1.64. The van der Waals surface area contributed by atoms with Crippen LogP contribution in [0.3, 0.4) is 0 Å². The van der Waals surface area contributed by atoms with Crippen molar-refractivity contribution in [3.63, 3.8) is 0 Å². The molecule has 0 fully saturated rings. The molecule has 1 heterocycles. The fourth-order valence-electron chi connectivity index (χ4n) is 2.19. The van der Waals surface area contributed by atoms with Crippen molar-refractivity contribution in [1.82, 2.24) is 0 Å². The second kappa shape index (κ2) is 4.01. The van der Waals surface area contributed by atoms with Crippen LogP contribution in [0.25, 0.3) is 0 Å². The number of hydrogen-bond donors (Lipinski definition) is 1. The van der Waals surface area contributed by atoms with Gasteiger partial charge >= 0.3 is 5.97 Å². The van der Waals surface area contributed by atoms with Gasteiger partial charge in [-0.25, -0.2) is 4.79 Å². The summed E-state index contributed by atoms with van der Waals surface area (Å²) in [6.07, 6.45) is 0. The van der Waals surface area contributed by atoms with Crippen LogP contribution in [0.4, 0.5) is 11.4 Å². The standard InChI is InChI=1S/C13H16N2O3/c1-13(2)12(17)15(3)10-8(11(16)18-4)6-5-7-9(10)14-13/h5-7,14H,1-4H3. The van der Waals surface area contributed by atoms with Crippen LogP contribution in [-0.4, -0.2) is 31.6 Å².